The molecule has 1 amide bonds. The van der Waals surface area contributed by atoms with Gasteiger partial charge >= 0.3 is 6.18 Å². The zero-order valence-corrected chi connectivity index (χ0v) is 13.1. The Bertz CT molecular complexity index is 851. The Morgan fingerprint density at radius 1 is 1.20 bits per heavy atom. The molecule has 0 bridgehead atoms. The third kappa shape index (κ3) is 4.80. The maximum atomic E-state index is 12.7. The van der Waals surface area contributed by atoms with E-state index in [4.69, 9.17) is 11.6 Å². The number of carbonyl (C=O) groups excluding carboxylic acids is 1. The molecule has 0 spiro atoms. The molecule has 0 fully saturated rings. The molecule has 0 unspecified atom stereocenters. The van der Waals surface area contributed by atoms with Gasteiger partial charge in [-0.25, -0.2) is 0 Å². The summed E-state index contributed by atoms with van der Waals surface area (Å²) in [4.78, 5) is 22.1. The molecule has 2 aromatic carbocycles. The van der Waals surface area contributed by atoms with Gasteiger partial charge in [-0.15, -0.1) is 0 Å². The Kier molecular flexibility index (Phi) is 5.43. The van der Waals surface area contributed by atoms with Crippen molar-refractivity contribution in [2.45, 2.75) is 6.18 Å². The van der Waals surface area contributed by atoms with Crippen LogP contribution in [0, 0.1) is 10.1 Å². The molecule has 9 heteroatoms. The van der Waals surface area contributed by atoms with Gasteiger partial charge in [0.2, 0.25) is 5.91 Å². The average molecular weight is 371 g/mol. The van der Waals surface area contributed by atoms with Crippen molar-refractivity contribution in [1.82, 2.24) is 0 Å². The van der Waals surface area contributed by atoms with Crippen LogP contribution < -0.4 is 5.32 Å². The molecule has 2 aromatic rings. The minimum absolute atomic E-state index is 0.0690. The minimum Gasteiger partial charge on any atom is -0.321 e. The lowest BCUT2D eigenvalue weighted by Crippen LogP contribution is -2.11. The number of hydrogen-bond donors (Lipinski definition) is 1. The molecule has 0 saturated carbocycles. The van der Waals surface area contributed by atoms with Crippen LogP contribution in [-0.2, 0) is 11.0 Å². The fourth-order valence-electron chi connectivity index (χ4n) is 1.93. The largest absolute Gasteiger partial charge is 0.416 e. The van der Waals surface area contributed by atoms with E-state index in [-0.39, 0.29) is 22.0 Å². The van der Waals surface area contributed by atoms with Crippen LogP contribution in [0.25, 0.3) is 6.08 Å². The molecule has 0 atom stereocenters. The van der Waals surface area contributed by atoms with E-state index in [2.05, 4.69) is 5.32 Å². The van der Waals surface area contributed by atoms with Crippen molar-refractivity contribution in [2.75, 3.05) is 5.32 Å². The fraction of sp³-hybridized carbons (Fsp3) is 0.0625. The minimum atomic E-state index is -4.58. The number of anilines is 1. The van der Waals surface area contributed by atoms with Crippen LogP contribution >= 0.6 is 11.6 Å². The van der Waals surface area contributed by atoms with Gasteiger partial charge in [0.25, 0.3) is 5.69 Å². The van der Waals surface area contributed by atoms with Crippen LogP contribution in [0.1, 0.15) is 11.1 Å². The predicted octanol–water partition coefficient (Wildman–Crippen LogP) is 4.92. The third-order valence-electron chi connectivity index (χ3n) is 3.10. The van der Waals surface area contributed by atoms with Crippen molar-refractivity contribution < 1.29 is 22.9 Å². The maximum Gasteiger partial charge on any atom is 0.416 e. The van der Waals surface area contributed by atoms with Gasteiger partial charge < -0.3 is 5.32 Å². The van der Waals surface area contributed by atoms with E-state index in [0.717, 1.165) is 18.2 Å². The van der Waals surface area contributed by atoms with Crippen molar-refractivity contribution in [3.05, 3.63) is 74.8 Å². The number of nitrogens with one attached hydrogen (secondary N) is 1. The lowest BCUT2D eigenvalue weighted by molar-refractivity contribution is -0.385. The predicted molar refractivity (Wildman–Crippen MR) is 87.2 cm³/mol. The maximum absolute atomic E-state index is 12.7. The van der Waals surface area contributed by atoms with Gasteiger partial charge in [0.05, 0.1) is 26.8 Å². The molecule has 0 radical (unpaired) electrons. The van der Waals surface area contributed by atoms with Crippen LogP contribution in [0.5, 0.6) is 0 Å². The zero-order chi connectivity index (χ0) is 18.6. The molecule has 0 aliphatic carbocycles. The number of para-hydroxylation sites is 1. The van der Waals surface area contributed by atoms with Gasteiger partial charge in [-0.3, -0.25) is 14.9 Å². The van der Waals surface area contributed by atoms with Crippen LogP contribution in [0.15, 0.2) is 48.5 Å². The zero-order valence-electron chi connectivity index (χ0n) is 12.4. The van der Waals surface area contributed by atoms with Crippen molar-refractivity contribution in [2.24, 2.45) is 0 Å². The van der Waals surface area contributed by atoms with Crippen molar-refractivity contribution in [3.63, 3.8) is 0 Å². The summed E-state index contributed by atoms with van der Waals surface area (Å²) in [6.45, 7) is 0. The summed E-state index contributed by atoms with van der Waals surface area (Å²) in [6.07, 6.45) is -2.42. The first-order valence-electron chi connectivity index (χ1n) is 6.77. The summed E-state index contributed by atoms with van der Waals surface area (Å²) in [6, 6.07) is 8.23. The molecule has 1 N–H and O–H groups in total. The lowest BCUT2D eigenvalue weighted by atomic mass is 10.1. The molecule has 0 aliphatic rings. The average Bonchev–Trinajstić information content (AvgIpc) is 2.54. The Labute approximate surface area is 144 Å². The van der Waals surface area contributed by atoms with Crippen molar-refractivity contribution in [1.29, 1.82) is 0 Å². The molecule has 2 rings (SSSR count). The smallest absolute Gasteiger partial charge is 0.321 e. The number of alkyl halides is 3. The molecule has 0 heterocycles. The van der Waals surface area contributed by atoms with Gasteiger partial charge in [0.1, 0.15) is 0 Å². The molecule has 130 valence electrons. The number of amides is 1. The van der Waals surface area contributed by atoms with Crippen LogP contribution in [0.2, 0.25) is 5.02 Å². The number of nitrogens with zero attached hydrogens (tertiary/aromatic N) is 1. The van der Waals surface area contributed by atoms with Crippen LogP contribution in [0.4, 0.5) is 24.5 Å². The summed E-state index contributed by atoms with van der Waals surface area (Å²) >= 11 is 5.78. The second-order valence-corrected chi connectivity index (χ2v) is 5.24. The number of nitro groups is 1. The summed E-state index contributed by atoms with van der Waals surface area (Å²) < 4.78 is 38.1. The lowest BCUT2D eigenvalue weighted by Gasteiger charge is -2.10. The van der Waals surface area contributed by atoms with E-state index in [1.165, 1.54) is 24.3 Å². The van der Waals surface area contributed by atoms with Gasteiger partial charge in [-0.1, -0.05) is 23.7 Å². The molecule has 5 nitrogen and oxygen atoms in total. The van der Waals surface area contributed by atoms with E-state index >= 15 is 0 Å². The highest BCUT2D eigenvalue weighted by molar-refractivity contribution is 6.33. The first-order valence-corrected chi connectivity index (χ1v) is 7.15. The normalized spacial score (nSPS) is 11.5. The number of carbonyl (C=O) groups is 1. The standard InChI is InChI=1S/C16H10ClF3N2O3/c17-12-7-6-11(16(18,19)20)9-13(12)21-15(23)8-5-10-3-1-2-4-14(10)22(24)25/h1-9H,(H,21,23). The van der Waals surface area contributed by atoms with Crippen molar-refractivity contribution >= 4 is 35.0 Å². The van der Waals surface area contributed by atoms with E-state index < -0.39 is 22.6 Å². The fourth-order valence-corrected chi connectivity index (χ4v) is 2.10. The van der Waals surface area contributed by atoms with Crippen LogP contribution in [0.3, 0.4) is 0 Å². The summed E-state index contributed by atoms with van der Waals surface area (Å²) in [5, 5.41) is 13.0. The molecular weight excluding hydrogens is 361 g/mol. The van der Waals surface area contributed by atoms with E-state index in [0.29, 0.717) is 6.07 Å². The number of rotatable bonds is 4. The highest BCUT2D eigenvalue weighted by Gasteiger charge is 2.31. The topological polar surface area (TPSA) is 72.2 Å². The number of halogens is 4. The van der Waals surface area contributed by atoms with Gasteiger partial charge in [0.15, 0.2) is 0 Å². The quantitative estimate of drug-likeness (QED) is 0.471. The molecule has 0 saturated heterocycles. The second-order valence-electron chi connectivity index (χ2n) is 4.83. The summed E-state index contributed by atoms with van der Waals surface area (Å²) in [5.41, 5.74) is -1.20. The van der Waals surface area contributed by atoms with E-state index in [1.54, 1.807) is 6.07 Å². The molecular formula is C16H10ClF3N2O3. The van der Waals surface area contributed by atoms with E-state index in [9.17, 15) is 28.1 Å². The Morgan fingerprint density at radius 2 is 1.88 bits per heavy atom. The molecule has 0 aliphatic heterocycles. The van der Waals surface area contributed by atoms with Crippen LogP contribution in [-0.4, -0.2) is 10.8 Å². The number of benzene rings is 2. The SMILES string of the molecule is O=C(C=Cc1ccccc1[N+](=O)[O-])Nc1cc(C(F)(F)F)ccc1Cl. The highest BCUT2D eigenvalue weighted by Crippen LogP contribution is 2.33. The molecule has 25 heavy (non-hydrogen) atoms. The Hall–Kier alpha value is -2.87. The summed E-state index contributed by atoms with van der Waals surface area (Å²) in [7, 11) is 0. The van der Waals surface area contributed by atoms with Crippen molar-refractivity contribution in [3.8, 4) is 0 Å². The number of hydrogen-bond acceptors (Lipinski definition) is 3. The first-order chi connectivity index (χ1) is 11.7. The first kappa shape index (κ1) is 18.5. The van der Waals surface area contributed by atoms with Gasteiger partial charge in [0, 0.05) is 12.1 Å². The second kappa shape index (κ2) is 7.35. The monoisotopic (exact) mass is 370 g/mol. The van der Waals surface area contributed by atoms with Gasteiger partial charge in [-0.05, 0) is 30.3 Å². The third-order valence-corrected chi connectivity index (χ3v) is 3.43. The summed E-state index contributed by atoms with van der Waals surface area (Å²) in [5.74, 6) is -0.778. The van der Waals surface area contributed by atoms with Gasteiger partial charge in [-0.2, -0.15) is 13.2 Å². The Morgan fingerprint density at radius 3 is 2.52 bits per heavy atom. The Balaban J connectivity index is 2.20. The highest BCUT2D eigenvalue weighted by atomic mass is 35.5. The number of nitro benzene ring substituents is 1. The van der Waals surface area contributed by atoms with E-state index in [1.807, 2.05) is 0 Å². The molecule has 0 aromatic heterocycles.